The second kappa shape index (κ2) is 8.43. The Morgan fingerprint density at radius 3 is 2.64 bits per heavy atom. The smallest absolute Gasteiger partial charge is 0.132 e. The molecule has 25 heavy (non-hydrogen) atoms. The average molecular weight is 348 g/mol. The van der Waals surface area contributed by atoms with Gasteiger partial charge in [-0.15, -0.1) is 0 Å². The molecule has 1 aromatic heterocycles. The van der Waals surface area contributed by atoms with Gasteiger partial charge in [0.05, 0.1) is 6.61 Å². The summed E-state index contributed by atoms with van der Waals surface area (Å²) in [5.41, 5.74) is 1.07. The third-order valence-corrected chi connectivity index (χ3v) is 5.55. The molecule has 0 saturated carbocycles. The molecule has 2 atom stereocenters. The molecule has 3 rings (SSSR count). The van der Waals surface area contributed by atoms with Gasteiger partial charge in [0, 0.05) is 55.9 Å². The van der Waals surface area contributed by atoms with Gasteiger partial charge in [-0.25, -0.2) is 9.97 Å². The molecule has 0 bridgehead atoms. The zero-order chi connectivity index (χ0) is 17.8. The normalized spacial score (nSPS) is 25.7. The molecule has 2 aliphatic rings. The summed E-state index contributed by atoms with van der Waals surface area (Å²) in [6, 6.07) is 3.52. The molecule has 2 N–H and O–H groups in total. The Hall–Kier alpha value is -1.24. The SMILES string of the molecule is CCCc1nc(C)cc(N2CCC(N[C@@H]3C[C@@H](CO)N(C)C3)CC2)n1. The molecule has 6 nitrogen and oxygen atoms in total. The predicted octanol–water partition coefficient (Wildman–Crippen LogP) is 1.36. The third-order valence-electron chi connectivity index (χ3n) is 5.55. The van der Waals surface area contributed by atoms with E-state index < -0.39 is 0 Å². The van der Waals surface area contributed by atoms with Gasteiger partial charge in [-0.05, 0) is 39.7 Å². The van der Waals surface area contributed by atoms with Crippen molar-refractivity contribution < 1.29 is 5.11 Å². The number of anilines is 1. The van der Waals surface area contributed by atoms with Crippen LogP contribution in [0.5, 0.6) is 0 Å². The highest BCUT2D eigenvalue weighted by molar-refractivity contribution is 5.40. The highest BCUT2D eigenvalue weighted by Gasteiger charge is 2.31. The molecule has 0 amide bonds. The van der Waals surface area contributed by atoms with E-state index in [0.29, 0.717) is 18.1 Å². The van der Waals surface area contributed by atoms with Crippen molar-refractivity contribution in [2.24, 2.45) is 0 Å². The van der Waals surface area contributed by atoms with Crippen molar-refractivity contribution in [3.8, 4) is 0 Å². The van der Waals surface area contributed by atoms with E-state index in [1.165, 1.54) is 0 Å². The monoisotopic (exact) mass is 347 g/mol. The summed E-state index contributed by atoms with van der Waals surface area (Å²) < 4.78 is 0. The van der Waals surface area contributed by atoms with E-state index in [-0.39, 0.29) is 6.61 Å². The maximum Gasteiger partial charge on any atom is 0.132 e. The first-order valence-corrected chi connectivity index (χ1v) is 9.75. The number of likely N-dealkylation sites (tertiary alicyclic amines) is 1. The van der Waals surface area contributed by atoms with Crippen molar-refractivity contribution in [3.05, 3.63) is 17.6 Å². The Kier molecular flexibility index (Phi) is 6.25. The molecular weight excluding hydrogens is 314 g/mol. The summed E-state index contributed by atoms with van der Waals surface area (Å²) >= 11 is 0. The number of piperidine rings is 1. The minimum Gasteiger partial charge on any atom is -0.395 e. The van der Waals surface area contributed by atoms with Crippen LogP contribution >= 0.6 is 0 Å². The van der Waals surface area contributed by atoms with Crippen LogP contribution in [0.1, 0.15) is 44.1 Å². The Labute approximate surface area is 151 Å². The number of hydrogen-bond donors (Lipinski definition) is 2. The maximum atomic E-state index is 9.42. The van der Waals surface area contributed by atoms with Crippen molar-refractivity contribution >= 4 is 5.82 Å². The van der Waals surface area contributed by atoms with E-state index in [4.69, 9.17) is 4.98 Å². The van der Waals surface area contributed by atoms with Crippen LogP contribution < -0.4 is 10.2 Å². The number of nitrogens with one attached hydrogen (secondary N) is 1. The fourth-order valence-electron chi connectivity index (χ4n) is 4.13. The number of aliphatic hydroxyl groups is 1. The fourth-order valence-corrected chi connectivity index (χ4v) is 4.13. The summed E-state index contributed by atoms with van der Waals surface area (Å²) in [5, 5.41) is 13.2. The quantitative estimate of drug-likeness (QED) is 0.810. The predicted molar refractivity (Wildman–Crippen MR) is 101 cm³/mol. The summed E-state index contributed by atoms with van der Waals surface area (Å²) in [7, 11) is 2.11. The van der Waals surface area contributed by atoms with Gasteiger partial charge in [0.15, 0.2) is 0 Å². The molecule has 2 aliphatic heterocycles. The summed E-state index contributed by atoms with van der Waals surface area (Å²) in [4.78, 5) is 14.0. The van der Waals surface area contributed by atoms with E-state index in [9.17, 15) is 5.11 Å². The number of aryl methyl sites for hydroxylation is 2. The van der Waals surface area contributed by atoms with Gasteiger partial charge in [-0.3, -0.25) is 4.90 Å². The Morgan fingerprint density at radius 1 is 1.24 bits per heavy atom. The van der Waals surface area contributed by atoms with Crippen molar-refractivity contribution in [1.82, 2.24) is 20.2 Å². The highest BCUT2D eigenvalue weighted by atomic mass is 16.3. The molecule has 1 aromatic rings. The number of rotatable bonds is 6. The van der Waals surface area contributed by atoms with Crippen molar-refractivity contribution in [2.75, 3.05) is 38.2 Å². The van der Waals surface area contributed by atoms with E-state index >= 15 is 0 Å². The van der Waals surface area contributed by atoms with Gasteiger partial charge in [-0.2, -0.15) is 0 Å². The van der Waals surface area contributed by atoms with Crippen LogP contribution in [0.3, 0.4) is 0 Å². The van der Waals surface area contributed by atoms with Gasteiger partial charge in [0.25, 0.3) is 0 Å². The van der Waals surface area contributed by atoms with E-state index in [1.807, 2.05) is 0 Å². The van der Waals surface area contributed by atoms with Crippen molar-refractivity contribution in [2.45, 2.75) is 64.1 Å². The zero-order valence-corrected chi connectivity index (χ0v) is 15.9. The molecule has 6 heteroatoms. The Morgan fingerprint density at radius 2 is 2.00 bits per heavy atom. The van der Waals surface area contributed by atoms with Crippen LogP contribution in [0.4, 0.5) is 5.82 Å². The van der Waals surface area contributed by atoms with Gasteiger partial charge >= 0.3 is 0 Å². The Bertz CT molecular complexity index is 559. The molecule has 3 heterocycles. The van der Waals surface area contributed by atoms with Crippen LogP contribution in [0, 0.1) is 6.92 Å². The first kappa shape index (κ1) is 18.5. The number of nitrogens with zero attached hydrogens (tertiary/aromatic N) is 4. The molecule has 0 aliphatic carbocycles. The molecule has 140 valence electrons. The van der Waals surface area contributed by atoms with E-state index in [0.717, 1.165) is 69.1 Å². The lowest BCUT2D eigenvalue weighted by Gasteiger charge is -2.34. The number of aliphatic hydroxyl groups excluding tert-OH is 1. The molecule has 0 aromatic carbocycles. The minimum absolute atomic E-state index is 0.264. The van der Waals surface area contributed by atoms with Crippen LogP contribution in [0.25, 0.3) is 0 Å². The van der Waals surface area contributed by atoms with Crippen molar-refractivity contribution in [1.29, 1.82) is 0 Å². The lowest BCUT2D eigenvalue weighted by atomic mass is 10.0. The third kappa shape index (κ3) is 4.68. The first-order chi connectivity index (χ1) is 12.1. The summed E-state index contributed by atoms with van der Waals surface area (Å²) in [5.74, 6) is 2.07. The van der Waals surface area contributed by atoms with Gasteiger partial charge in [0.1, 0.15) is 11.6 Å². The van der Waals surface area contributed by atoms with Crippen LogP contribution in [-0.4, -0.2) is 71.4 Å². The maximum absolute atomic E-state index is 9.42. The second-order valence-electron chi connectivity index (χ2n) is 7.67. The molecule has 2 saturated heterocycles. The lowest BCUT2D eigenvalue weighted by molar-refractivity contribution is 0.182. The average Bonchev–Trinajstić information content (AvgIpc) is 2.95. The largest absolute Gasteiger partial charge is 0.395 e. The number of aromatic nitrogens is 2. The first-order valence-electron chi connectivity index (χ1n) is 9.75. The van der Waals surface area contributed by atoms with Crippen molar-refractivity contribution in [3.63, 3.8) is 0 Å². The van der Waals surface area contributed by atoms with Gasteiger partial charge < -0.3 is 15.3 Å². The van der Waals surface area contributed by atoms with E-state index in [2.05, 4.69) is 47.1 Å². The van der Waals surface area contributed by atoms with Crippen LogP contribution in [0.2, 0.25) is 0 Å². The van der Waals surface area contributed by atoms with Crippen LogP contribution in [0.15, 0.2) is 6.07 Å². The molecule has 0 unspecified atom stereocenters. The topological polar surface area (TPSA) is 64.5 Å². The number of hydrogen-bond acceptors (Lipinski definition) is 6. The summed E-state index contributed by atoms with van der Waals surface area (Å²) in [6.07, 6.45) is 5.39. The number of likely N-dealkylation sites (N-methyl/N-ethyl adjacent to an activating group) is 1. The molecule has 2 fully saturated rings. The standard InChI is InChI=1S/C19H33N5O/c1-4-5-18-20-14(2)10-19(22-18)24-8-6-15(7-9-24)21-16-11-17(13-25)23(3)12-16/h10,15-17,21,25H,4-9,11-13H2,1-3H3/t16-,17+/m1/s1. The molecular formula is C19H33N5O. The van der Waals surface area contributed by atoms with Crippen LogP contribution in [-0.2, 0) is 6.42 Å². The summed E-state index contributed by atoms with van der Waals surface area (Å²) in [6.45, 7) is 7.63. The Balaban J connectivity index is 1.52. The molecule has 0 spiro atoms. The minimum atomic E-state index is 0.264. The van der Waals surface area contributed by atoms with Gasteiger partial charge in [0.2, 0.25) is 0 Å². The highest BCUT2D eigenvalue weighted by Crippen LogP contribution is 2.22. The second-order valence-corrected chi connectivity index (χ2v) is 7.67. The van der Waals surface area contributed by atoms with Gasteiger partial charge in [-0.1, -0.05) is 6.92 Å². The zero-order valence-electron chi connectivity index (χ0n) is 15.9. The molecule has 0 radical (unpaired) electrons. The fraction of sp³-hybridized carbons (Fsp3) is 0.789. The lowest BCUT2D eigenvalue weighted by Crippen LogP contribution is -2.47. The van der Waals surface area contributed by atoms with E-state index in [1.54, 1.807) is 0 Å².